The van der Waals surface area contributed by atoms with Gasteiger partial charge in [0, 0.05) is 0 Å². The van der Waals surface area contributed by atoms with Crippen LogP contribution in [0.2, 0.25) is 0 Å². The molecule has 2 rings (SSSR count). The normalized spacial score (nSPS) is 10.3. The third-order valence-corrected chi connectivity index (χ3v) is 6.10. The van der Waals surface area contributed by atoms with Crippen LogP contribution >= 0.6 is 0 Å². The van der Waals surface area contributed by atoms with Gasteiger partial charge < -0.3 is 10.2 Å². The van der Waals surface area contributed by atoms with E-state index in [1.807, 2.05) is 27.7 Å². The Bertz CT molecular complexity index is 587. The molecule has 0 aliphatic heterocycles. The van der Waals surface area contributed by atoms with E-state index in [0.717, 1.165) is 22.3 Å². The van der Waals surface area contributed by atoms with Gasteiger partial charge >= 0.3 is 0 Å². The van der Waals surface area contributed by atoms with E-state index in [-0.39, 0.29) is 0 Å². The highest BCUT2D eigenvalue weighted by molar-refractivity contribution is 6.67. The Kier molecular flexibility index (Phi) is 8.77. The highest BCUT2D eigenvalue weighted by Gasteiger charge is 2.07. The second-order valence-electron chi connectivity index (χ2n) is 7.04. The van der Waals surface area contributed by atoms with E-state index in [4.69, 9.17) is 0 Å². The minimum absolute atomic E-state index is 0.399. The number of aromatic hydroxyl groups is 2. The summed E-state index contributed by atoms with van der Waals surface area (Å²) in [7, 11) is -0.574. The number of hydrogen-bond donors (Lipinski definition) is 2. The van der Waals surface area contributed by atoms with Gasteiger partial charge in [0.25, 0.3) is 0 Å². The molecular formula is C22H34O2Si. The number of hydrogen-bond acceptors (Lipinski definition) is 2. The Morgan fingerprint density at radius 3 is 1.16 bits per heavy atom. The summed E-state index contributed by atoms with van der Waals surface area (Å²) in [5, 5.41) is 22.2. The number of phenolic OH excluding ortho intramolecular Hbond substituents is 2. The number of rotatable bonds is 5. The summed E-state index contributed by atoms with van der Waals surface area (Å²) in [5.74, 6) is 0.798. The third kappa shape index (κ3) is 6.58. The molecule has 0 aliphatic carbocycles. The van der Waals surface area contributed by atoms with Crippen molar-refractivity contribution < 1.29 is 10.2 Å². The summed E-state index contributed by atoms with van der Waals surface area (Å²) in [6, 6.07) is 8.30. The van der Waals surface area contributed by atoms with Crippen molar-refractivity contribution in [2.75, 3.05) is 0 Å². The summed E-state index contributed by atoms with van der Waals surface area (Å²) in [6.45, 7) is 12.2. The zero-order valence-electron chi connectivity index (χ0n) is 16.7. The maximum absolute atomic E-state index is 9.80. The molecule has 0 unspecified atom stereocenters. The van der Waals surface area contributed by atoms with E-state index in [9.17, 15) is 10.2 Å². The van der Waals surface area contributed by atoms with Crippen molar-refractivity contribution in [3.8, 4) is 11.5 Å². The lowest BCUT2D eigenvalue weighted by Gasteiger charge is -2.10. The molecule has 25 heavy (non-hydrogen) atoms. The molecule has 2 aromatic rings. The van der Waals surface area contributed by atoms with Crippen molar-refractivity contribution in [3.63, 3.8) is 0 Å². The summed E-state index contributed by atoms with van der Waals surface area (Å²) < 4.78 is 0. The Morgan fingerprint density at radius 2 is 0.920 bits per heavy atom. The van der Waals surface area contributed by atoms with Gasteiger partial charge in [-0.2, -0.15) is 0 Å². The van der Waals surface area contributed by atoms with Gasteiger partial charge in [-0.25, -0.2) is 0 Å². The van der Waals surface area contributed by atoms with Crippen LogP contribution in [0.4, 0.5) is 0 Å². The zero-order chi connectivity index (χ0) is 19.0. The average Bonchev–Trinajstić information content (AvgIpc) is 2.56. The first-order valence-corrected chi connectivity index (χ1v) is 10.8. The van der Waals surface area contributed by atoms with Crippen LogP contribution in [0.15, 0.2) is 24.3 Å². The molecule has 0 aliphatic rings. The van der Waals surface area contributed by atoms with Gasteiger partial charge in [-0.15, -0.1) is 0 Å². The number of unbranched alkanes of at least 4 members (excludes halogenated alkanes) is 3. The van der Waals surface area contributed by atoms with E-state index >= 15 is 0 Å². The molecule has 0 atom stereocenters. The quantitative estimate of drug-likeness (QED) is 0.625. The minimum Gasteiger partial charge on any atom is -0.507 e. The highest BCUT2D eigenvalue weighted by atomic mass is 28.2. The lowest BCUT2D eigenvalue weighted by molar-refractivity contribution is 0.467. The number of benzene rings is 2. The van der Waals surface area contributed by atoms with Crippen molar-refractivity contribution in [1.29, 1.82) is 0 Å². The zero-order valence-corrected chi connectivity index (χ0v) is 18.2. The van der Waals surface area contributed by atoms with Crippen LogP contribution in [-0.2, 0) is 0 Å². The molecular weight excluding hydrogens is 324 g/mol. The Hall–Kier alpha value is -1.74. The first-order chi connectivity index (χ1) is 11.8. The van der Waals surface area contributed by atoms with Crippen LogP contribution in [0.5, 0.6) is 11.5 Å². The summed E-state index contributed by atoms with van der Waals surface area (Å²) in [5.41, 5.74) is 3.76. The molecule has 0 saturated carbocycles. The highest BCUT2D eigenvalue weighted by Crippen LogP contribution is 2.20. The maximum atomic E-state index is 9.80. The topological polar surface area (TPSA) is 40.5 Å². The van der Waals surface area contributed by atoms with Gasteiger partial charge in [0.1, 0.15) is 11.5 Å². The van der Waals surface area contributed by atoms with Gasteiger partial charge in [0.2, 0.25) is 0 Å². The number of phenols is 2. The van der Waals surface area contributed by atoms with E-state index in [1.165, 1.54) is 36.1 Å². The molecule has 2 nitrogen and oxygen atoms in total. The molecule has 0 radical (unpaired) electrons. The van der Waals surface area contributed by atoms with Gasteiger partial charge in [0.05, 0.1) is 9.52 Å². The smallest absolute Gasteiger partial charge is 0.121 e. The predicted octanol–water partition coefficient (Wildman–Crippen LogP) is 4.04. The second-order valence-corrected chi connectivity index (χ2v) is 9.03. The summed E-state index contributed by atoms with van der Waals surface area (Å²) >= 11 is 0. The van der Waals surface area contributed by atoms with Crippen molar-refractivity contribution in [2.45, 2.75) is 67.2 Å². The second kappa shape index (κ2) is 10.3. The van der Waals surface area contributed by atoms with Crippen molar-refractivity contribution in [2.24, 2.45) is 0 Å². The fourth-order valence-corrected chi connectivity index (χ4v) is 5.14. The van der Waals surface area contributed by atoms with Crippen LogP contribution in [0.25, 0.3) is 0 Å². The maximum Gasteiger partial charge on any atom is 0.121 e. The monoisotopic (exact) mass is 358 g/mol. The largest absolute Gasteiger partial charge is 0.507 e. The van der Waals surface area contributed by atoms with Gasteiger partial charge in [0.15, 0.2) is 0 Å². The van der Waals surface area contributed by atoms with Crippen LogP contribution < -0.4 is 10.4 Å². The standard InChI is InChI=1S/C16H20O2Si.C6H14/c1-9-5-13(6-10(2)15(9)17)19-14-7-11(3)16(18)12(4)8-14;1-3-5-6-4-2/h5-8,17-18H,19H2,1-4H3;3-6H2,1-2H3. The van der Waals surface area contributed by atoms with Gasteiger partial charge in [-0.3, -0.25) is 0 Å². The number of aryl methyl sites for hydroxylation is 4. The minimum atomic E-state index is -0.574. The molecule has 3 heteroatoms. The van der Waals surface area contributed by atoms with Gasteiger partial charge in [-0.05, 0) is 49.9 Å². The lowest BCUT2D eigenvalue weighted by atomic mass is 10.1. The molecule has 0 aromatic heterocycles. The van der Waals surface area contributed by atoms with E-state index in [0.29, 0.717) is 11.5 Å². The summed E-state index contributed by atoms with van der Waals surface area (Å²) in [6.07, 6.45) is 5.54. The fraction of sp³-hybridized carbons (Fsp3) is 0.455. The molecule has 2 aromatic carbocycles. The van der Waals surface area contributed by atoms with Gasteiger partial charge in [-0.1, -0.05) is 74.2 Å². The molecule has 138 valence electrons. The van der Waals surface area contributed by atoms with Crippen molar-refractivity contribution in [3.05, 3.63) is 46.5 Å². The predicted molar refractivity (Wildman–Crippen MR) is 113 cm³/mol. The van der Waals surface area contributed by atoms with E-state index in [2.05, 4.69) is 38.1 Å². The summed E-state index contributed by atoms with van der Waals surface area (Å²) in [4.78, 5) is 0. The first kappa shape index (κ1) is 21.3. The molecule has 0 bridgehead atoms. The fourth-order valence-electron chi connectivity index (χ4n) is 3.03. The van der Waals surface area contributed by atoms with Crippen molar-refractivity contribution >= 4 is 19.9 Å². The molecule has 0 heterocycles. The Morgan fingerprint density at radius 1 is 0.640 bits per heavy atom. The SMILES string of the molecule is CCCCCC.Cc1cc([SiH2]c2cc(C)c(O)c(C)c2)cc(C)c1O. The van der Waals surface area contributed by atoms with E-state index < -0.39 is 9.52 Å². The van der Waals surface area contributed by atoms with Crippen LogP contribution in [0.1, 0.15) is 61.8 Å². The molecule has 0 spiro atoms. The molecule has 0 amide bonds. The molecule has 0 saturated heterocycles. The third-order valence-electron chi connectivity index (χ3n) is 4.47. The average molecular weight is 359 g/mol. The lowest BCUT2D eigenvalue weighted by Crippen LogP contribution is -2.28. The van der Waals surface area contributed by atoms with Crippen molar-refractivity contribution in [1.82, 2.24) is 0 Å². The van der Waals surface area contributed by atoms with Crippen LogP contribution in [-0.4, -0.2) is 19.7 Å². The first-order valence-electron chi connectivity index (χ1n) is 9.38. The molecule has 0 fully saturated rings. The Labute approximate surface area is 155 Å². The molecule has 2 N–H and O–H groups in total. The van der Waals surface area contributed by atoms with Crippen LogP contribution in [0, 0.1) is 27.7 Å². The van der Waals surface area contributed by atoms with E-state index in [1.54, 1.807) is 0 Å². The Balaban J connectivity index is 0.000000450. The van der Waals surface area contributed by atoms with Crippen LogP contribution in [0.3, 0.4) is 0 Å².